The van der Waals surface area contributed by atoms with E-state index in [9.17, 15) is 24.9 Å². The van der Waals surface area contributed by atoms with Gasteiger partial charge in [-0.25, -0.2) is 4.79 Å². The zero-order chi connectivity index (χ0) is 17.2. The minimum Gasteiger partial charge on any atom is -0.454 e. The molecular weight excluding hydrogens is 300 g/mol. The maximum Gasteiger partial charge on any atom is 0.338 e. The van der Waals surface area contributed by atoms with Gasteiger partial charge in [-0.05, 0) is 47.4 Å². The first-order valence-electron chi connectivity index (χ1n) is 6.20. The van der Waals surface area contributed by atoms with E-state index in [1.54, 1.807) is 0 Å². The Bertz CT molecular complexity index is 772. The number of hydrogen-bond acceptors (Lipinski definition) is 6. The highest BCUT2D eigenvalue weighted by Gasteiger charge is 2.47. The fourth-order valence-electron chi connectivity index (χ4n) is 1.50. The van der Waals surface area contributed by atoms with Crippen molar-refractivity contribution in [1.82, 2.24) is 0 Å². The van der Waals surface area contributed by atoms with Gasteiger partial charge >= 0.3 is 5.97 Å². The number of ether oxygens (including phenoxy) is 1. The molecule has 0 bridgehead atoms. The zero-order valence-electron chi connectivity index (χ0n) is 11.7. The van der Waals surface area contributed by atoms with Crippen LogP contribution in [-0.2, 0) is 14.3 Å². The molecular formula is C17H10O6. The van der Waals surface area contributed by atoms with Crippen LogP contribution >= 0.6 is 0 Å². The second-order valence-corrected chi connectivity index (χ2v) is 4.12. The maximum atomic E-state index is 11.6. The van der Waals surface area contributed by atoms with Crippen LogP contribution in [0.1, 0.15) is 6.42 Å². The number of rotatable bonds is 3. The minimum absolute atomic E-state index is 0.378. The van der Waals surface area contributed by atoms with E-state index in [2.05, 4.69) is 58.0 Å². The fourth-order valence-corrected chi connectivity index (χ4v) is 1.50. The molecule has 0 aromatic carbocycles. The Morgan fingerprint density at radius 3 is 2.22 bits per heavy atom. The summed E-state index contributed by atoms with van der Waals surface area (Å²) in [5.74, 6) is 18.9. The molecule has 6 nitrogen and oxygen atoms in total. The van der Waals surface area contributed by atoms with Crippen LogP contribution in [0.5, 0.6) is 0 Å². The molecule has 0 aromatic heterocycles. The summed E-state index contributed by atoms with van der Waals surface area (Å²) in [6.45, 7) is 0. The Kier molecular flexibility index (Phi) is 6.97. The molecule has 0 aromatic rings. The van der Waals surface area contributed by atoms with Gasteiger partial charge in [0.05, 0.1) is 6.42 Å². The predicted octanol–water partition coefficient (Wildman–Crippen LogP) is -2.40. The van der Waals surface area contributed by atoms with Crippen LogP contribution in [0.3, 0.4) is 0 Å². The molecule has 1 saturated heterocycles. The highest BCUT2D eigenvalue weighted by molar-refractivity contribution is 5.87. The first kappa shape index (κ1) is 17.9. The number of esters is 1. The predicted molar refractivity (Wildman–Crippen MR) is 77.5 cm³/mol. The maximum absolute atomic E-state index is 11.6. The molecule has 114 valence electrons. The molecule has 1 heterocycles. The van der Waals surface area contributed by atoms with Crippen molar-refractivity contribution < 1.29 is 29.6 Å². The van der Waals surface area contributed by atoms with Crippen molar-refractivity contribution in [2.45, 2.75) is 30.8 Å². The summed E-state index contributed by atoms with van der Waals surface area (Å²) in [7, 11) is 0. The van der Waals surface area contributed by atoms with Gasteiger partial charge in [0.15, 0.2) is 24.1 Å². The zero-order valence-corrected chi connectivity index (χ0v) is 11.7. The molecule has 1 aliphatic rings. The SMILES string of the molecule is C#CC#CC#CC#CC#CCC(=O)[C@H](O)[C@H]1OC(=O)[C@@H](O)[C@H]1O. The van der Waals surface area contributed by atoms with E-state index in [0.717, 1.165) is 0 Å². The average Bonchev–Trinajstić information content (AvgIpc) is 2.80. The van der Waals surface area contributed by atoms with Gasteiger partial charge in [0.25, 0.3) is 0 Å². The molecule has 6 heteroatoms. The number of terminal acetylenes is 1. The van der Waals surface area contributed by atoms with Crippen LogP contribution < -0.4 is 0 Å². The molecule has 1 rings (SSSR count). The van der Waals surface area contributed by atoms with Crippen molar-refractivity contribution in [2.75, 3.05) is 0 Å². The summed E-state index contributed by atoms with van der Waals surface area (Å²) < 4.78 is 4.53. The number of Topliss-reactive ketones (excluding diaryl/α,β-unsaturated/α-hetero) is 1. The van der Waals surface area contributed by atoms with Gasteiger partial charge in [0.2, 0.25) is 0 Å². The minimum atomic E-state index is -1.79. The Morgan fingerprint density at radius 1 is 1.13 bits per heavy atom. The third-order valence-electron chi connectivity index (χ3n) is 2.59. The lowest BCUT2D eigenvalue weighted by Crippen LogP contribution is -2.42. The van der Waals surface area contributed by atoms with Crippen molar-refractivity contribution >= 4 is 11.8 Å². The van der Waals surface area contributed by atoms with Gasteiger partial charge in [0, 0.05) is 0 Å². The lowest BCUT2D eigenvalue weighted by molar-refractivity contribution is -0.153. The van der Waals surface area contributed by atoms with Crippen molar-refractivity contribution in [1.29, 1.82) is 0 Å². The molecule has 0 unspecified atom stereocenters. The van der Waals surface area contributed by atoms with Gasteiger partial charge < -0.3 is 20.1 Å². The standard InChI is InChI=1S/C17H10O6/c1-2-3-4-5-6-7-8-9-10-11-12(18)13(19)16-14(20)15(21)17(22)23-16/h1,13-16,19-21H,11H2/t13-,14+,15-,16+/m0/s1. The summed E-state index contributed by atoms with van der Waals surface area (Å²) in [5.41, 5.74) is 0. The summed E-state index contributed by atoms with van der Waals surface area (Å²) in [5, 5.41) is 28.4. The molecule has 1 aliphatic heterocycles. The molecule has 0 saturated carbocycles. The van der Waals surface area contributed by atoms with Crippen LogP contribution in [0.25, 0.3) is 0 Å². The molecule has 0 spiro atoms. The number of aliphatic hydroxyl groups is 3. The largest absolute Gasteiger partial charge is 0.454 e. The number of hydrogen-bond donors (Lipinski definition) is 3. The van der Waals surface area contributed by atoms with Crippen molar-refractivity contribution in [3.05, 3.63) is 0 Å². The normalized spacial score (nSPS) is 22.2. The number of aliphatic hydroxyl groups excluding tert-OH is 3. The van der Waals surface area contributed by atoms with E-state index in [4.69, 9.17) is 6.42 Å². The summed E-state index contributed by atoms with van der Waals surface area (Å²) in [4.78, 5) is 22.7. The van der Waals surface area contributed by atoms with Gasteiger partial charge in [0.1, 0.15) is 6.10 Å². The molecule has 3 N–H and O–H groups in total. The van der Waals surface area contributed by atoms with E-state index in [1.807, 2.05) is 0 Å². The Labute approximate surface area is 132 Å². The smallest absolute Gasteiger partial charge is 0.338 e. The summed E-state index contributed by atoms with van der Waals surface area (Å²) in [6.07, 6.45) is -2.26. The van der Waals surface area contributed by atoms with Crippen molar-refractivity contribution in [2.24, 2.45) is 0 Å². The van der Waals surface area contributed by atoms with E-state index in [-0.39, 0.29) is 6.42 Å². The van der Waals surface area contributed by atoms with Crippen molar-refractivity contribution in [3.8, 4) is 59.7 Å². The highest BCUT2D eigenvalue weighted by Crippen LogP contribution is 2.19. The summed E-state index contributed by atoms with van der Waals surface area (Å²) in [6, 6.07) is 0. The average molecular weight is 310 g/mol. The second-order valence-electron chi connectivity index (χ2n) is 4.12. The third-order valence-corrected chi connectivity index (χ3v) is 2.59. The van der Waals surface area contributed by atoms with Crippen LogP contribution in [0, 0.1) is 59.7 Å². The fraction of sp³-hybridized carbons (Fsp3) is 0.294. The lowest BCUT2D eigenvalue weighted by atomic mass is 10.0. The summed E-state index contributed by atoms with van der Waals surface area (Å²) >= 11 is 0. The Morgan fingerprint density at radius 2 is 1.70 bits per heavy atom. The second kappa shape index (κ2) is 8.96. The molecule has 1 fully saturated rings. The molecule has 0 amide bonds. The van der Waals surface area contributed by atoms with E-state index < -0.39 is 36.2 Å². The first-order valence-corrected chi connectivity index (χ1v) is 6.20. The van der Waals surface area contributed by atoms with E-state index >= 15 is 0 Å². The monoisotopic (exact) mass is 310 g/mol. The number of ketones is 1. The third kappa shape index (κ3) is 5.26. The Balaban J connectivity index is 2.53. The van der Waals surface area contributed by atoms with Crippen LogP contribution in [0.2, 0.25) is 0 Å². The van der Waals surface area contributed by atoms with Gasteiger partial charge in [-0.2, -0.15) is 0 Å². The molecule has 0 aliphatic carbocycles. The molecule has 23 heavy (non-hydrogen) atoms. The van der Waals surface area contributed by atoms with Gasteiger partial charge in [-0.1, -0.05) is 5.92 Å². The molecule has 4 atom stereocenters. The Hall–Kier alpha value is -3.18. The van der Waals surface area contributed by atoms with Crippen LogP contribution in [0.15, 0.2) is 0 Å². The number of cyclic esters (lactones) is 1. The topological polar surface area (TPSA) is 104 Å². The van der Waals surface area contributed by atoms with Crippen molar-refractivity contribution in [3.63, 3.8) is 0 Å². The quantitative estimate of drug-likeness (QED) is 0.397. The number of carbonyl (C=O) groups is 2. The molecule has 0 radical (unpaired) electrons. The highest BCUT2D eigenvalue weighted by atomic mass is 16.6. The van der Waals surface area contributed by atoms with E-state index in [1.165, 1.54) is 0 Å². The lowest BCUT2D eigenvalue weighted by Gasteiger charge is -2.17. The number of carbonyl (C=O) groups excluding carboxylic acids is 2. The first-order chi connectivity index (χ1) is 11.0. The van der Waals surface area contributed by atoms with Gasteiger partial charge in [-0.3, -0.25) is 4.79 Å². The van der Waals surface area contributed by atoms with E-state index in [0.29, 0.717) is 0 Å². The van der Waals surface area contributed by atoms with Gasteiger partial charge in [-0.15, -0.1) is 6.42 Å². The van der Waals surface area contributed by atoms with Crippen LogP contribution in [-0.4, -0.2) is 51.5 Å². The van der Waals surface area contributed by atoms with Crippen LogP contribution in [0.4, 0.5) is 0 Å².